The number of rotatable bonds is 3. The van der Waals surface area contributed by atoms with Crippen LogP contribution in [-0.2, 0) is 14.3 Å². The number of hydrogen-bond donors (Lipinski definition) is 3. The number of carbonyl (C=O) groups excluding carboxylic acids is 2. The van der Waals surface area contributed by atoms with Crippen LogP contribution in [0.15, 0.2) is 36.0 Å². The average molecular weight is 351 g/mol. The molecule has 0 aromatic carbocycles. The summed E-state index contributed by atoms with van der Waals surface area (Å²) in [5, 5.41) is 24.1. The minimum atomic E-state index is -1.46. The van der Waals surface area contributed by atoms with Crippen molar-refractivity contribution in [1.29, 1.82) is 0 Å². The molecule has 0 fully saturated rings. The van der Waals surface area contributed by atoms with Gasteiger partial charge < -0.3 is 20.3 Å². The van der Waals surface area contributed by atoms with E-state index in [1.165, 1.54) is 6.92 Å². The van der Waals surface area contributed by atoms with E-state index in [1.54, 1.807) is 31.2 Å². The number of carbonyl (C=O) groups is 2. The van der Waals surface area contributed by atoms with Gasteiger partial charge in [0.1, 0.15) is 5.60 Å². The Morgan fingerprint density at radius 2 is 2.16 bits per heavy atom. The first-order valence-electron chi connectivity index (χ1n) is 8.60. The van der Waals surface area contributed by atoms with E-state index in [2.05, 4.69) is 5.32 Å². The van der Waals surface area contributed by atoms with Crippen molar-refractivity contribution >= 4 is 11.9 Å². The monoisotopic (exact) mass is 351 g/mol. The third kappa shape index (κ3) is 6.84. The van der Waals surface area contributed by atoms with E-state index >= 15 is 0 Å². The van der Waals surface area contributed by atoms with E-state index < -0.39 is 23.8 Å². The fourth-order valence-corrected chi connectivity index (χ4v) is 2.71. The Balaban J connectivity index is 3.21. The highest BCUT2D eigenvalue weighted by Gasteiger charge is 2.39. The molecule has 0 unspecified atom stereocenters. The lowest BCUT2D eigenvalue weighted by atomic mass is 9.82. The molecule has 1 aliphatic rings. The summed E-state index contributed by atoms with van der Waals surface area (Å²) in [7, 11) is 0. The molecule has 0 bridgehead atoms. The summed E-state index contributed by atoms with van der Waals surface area (Å²) in [4.78, 5) is 23.2. The fourth-order valence-electron chi connectivity index (χ4n) is 2.71. The zero-order valence-corrected chi connectivity index (χ0v) is 15.2. The molecule has 6 heteroatoms. The third-order valence-electron chi connectivity index (χ3n) is 4.21. The highest BCUT2D eigenvalue weighted by atomic mass is 16.6. The van der Waals surface area contributed by atoms with E-state index in [-0.39, 0.29) is 25.2 Å². The van der Waals surface area contributed by atoms with Crippen LogP contribution in [0.5, 0.6) is 0 Å². The van der Waals surface area contributed by atoms with Crippen LogP contribution in [0.2, 0.25) is 0 Å². The molecule has 1 aliphatic heterocycles. The van der Waals surface area contributed by atoms with E-state index in [1.807, 2.05) is 13.0 Å². The predicted octanol–water partition coefficient (Wildman–Crippen LogP) is 1.78. The highest BCUT2D eigenvalue weighted by Crippen LogP contribution is 2.31. The van der Waals surface area contributed by atoms with Gasteiger partial charge in [-0.3, -0.25) is 9.59 Å². The molecule has 3 atom stereocenters. The normalized spacial score (nSPS) is 30.9. The van der Waals surface area contributed by atoms with Crippen LogP contribution >= 0.6 is 0 Å². The number of amides is 1. The van der Waals surface area contributed by atoms with Crippen molar-refractivity contribution < 1.29 is 24.5 Å². The minimum absolute atomic E-state index is 0.0182. The molecule has 3 N–H and O–H groups in total. The number of hydrogen-bond acceptors (Lipinski definition) is 5. The summed E-state index contributed by atoms with van der Waals surface area (Å²) in [5.74, 6) is -0.712. The number of ether oxygens (including phenoxy) is 1. The molecule has 1 amide bonds. The van der Waals surface area contributed by atoms with Crippen molar-refractivity contribution in [3.05, 3.63) is 36.0 Å². The molecule has 0 aliphatic carbocycles. The van der Waals surface area contributed by atoms with Gasteiger partial charge in [-0.15, -0.1) is 0 Å². The smallest absolute Gasteiger partial charge is 0.303 e. The van der Waals surface area contributed by atoms with Gasteiger partial charge in [-0.05, 0) is 44.8 Å². The molecule has 6 nitrogen and oxygen atoms in total. The second-order valence-corrected chi connectivity index (χ2v) is 6.29. The second-order valence-electron chi connectivity index (χ2n) is 6.29. The maximum atomic E-state index is 11.7. The quantitative estimate of drug-likeness (QED) is 0.409. The van der Waals surface area contributed by atoms with Crippen molar-refractivity contribution in [3.8, 4) is 0 Å². The van der Waals surface area contributed by atoms with Crippen LogP contribution in [0.4, 0.5) is 0 Å². The SMILES string of the molecule is CC=C/C=C(/C)[C@@]1(O)CC[C@@H](O)CC(=O)NCC/C=C/[C@@H]1OC(C)=O. The van der Waals surface area contributed by atoms with Gasteiger partial charge in [-0.25, -0.2) is 0 Å². The Bertz CT molecular complexity index is 552. The zero-order chi connectivity index (χ0) is 18.9. The van der Waals surface area contributed by atoms with Crippen LogP contribution < -0.4 is 5.32 Å². The molecule has 0 saturated carbocycles. The van der Waals surface area contributed by atoms with Crippen LogP contribution in [0.25, 0.3) is 0 Å². The molecule has 1 heterocycles. The molecule has 25 heavy (non-hydrogen) atoms. The Morgan fingerprint density at radius 3 is 2.80 bits per heavy atom. The summed E-state index contributed by atoms with van der Waals surface area (Å²) < 4.78 is 5.36. The Hall–Kier alpha value is -1.92. The van der Waals surface area contributed by atoms with Crippen LogP contribution in [0.3, 0.4) is 0 Å². The molecule has 0 aromatic heterocycles. The average Bonchev–Trinajstić information content (AvgIpc) is 2.54. The third-order valence-corrected chi connectivity index (χ3v) is 4.21. The molecule has 1 rings (SSSR count). The van der Waals surface area contributed by atoms with Gasteiger partial charge >= 0.3 is 5.97 Å². The van der Waals surface area contributed by atoms with Crippen molar-refractivity contribution in [2.75, 3.05) is 6.54 Å². The van der Waals surface area contributed by atoms with Crippen LogP contribution in [0.1, 0.15) is 46.5 Å². The Kier molecular flexibility index (Phi) is 8.58. The van der Waals surface area contributed by atoms with Crippen LogP contribution in [-0.4, -0.2) is 46.4 Å². The number of allylic oxidation sites excluding steroid dienone is 3. The maximum Gasteiger partial charge on any atom is 0.303 e. The molecule has 0 radical (unpaired) electrons. The van der Waals surface area contributed by atoms with Crippen molar-refractivity contribution in [2.24, 2.45) is 0 Å². The number of aliphatic hydroxyl groups excluding tert-OH is 1. The first kappa shape index (κ1) is 21.1. The van der Waals surface area contributed by atoms with Gasteiger partial charge in [0, 0.05) is 13.5 Å². The van der Waals surface area contributed by atoms with Crippen molar-refractivity contribution in [3.63, 3.8) is 0 Å². The minimum Gasteiger partial charge on any atom is -0.455 e. The molecule has 140 valence electrons. The summed E-state index contributed by atoms with van der Waals surface area (Å²) in [5.41, 5.74) is -0.839. The summed E-state index contributed by atoms with van der Waals surface area (Å²) in [6.07, 6.45) is 7.95. The molecular weight excluding hydrogens is 322 g/mol. The van der Waals surface area contributed by atoms with E-state index in [0.29, 0.717) is 18.5 Å². The first-order chi connectivity index (χ1) is 11.8. The zero-order valence-electron chi connectivity index (χ0n) is 15.2. The second kappa shape index (κ2) is 10.2. The summed E-state index contributed by atoms with van der Waals surface area (Å²) >= 11 is 0. The van der Waals surface area contributed by atoms with Gasteiger partial charge in [0.25, 0.3) is 0 Å². The summed E-state index contributed by atoms with van der Waals surface area (Å²) in [6.45, 7) is 5.33. The lowest BCUT2D eigenvalue weighted by molar-refractivity contribution is -0.154. The summed E-state index contributed by atoms with van der Waals surface area (Å²) in [6, 6.07) is 0. The van der Waals surface area contributed by atoms with Crippen molar-refractivity contribution in [2.45, 2.75) is 64.3 Å². The topological polar surface area (TPSA) is 95.9 Å². The molecule has 0 saturated heterocycles. The van der Waals surface area contributed by atoms with Crippen LogP contribution in [0, 0.1) is 0 Å². The number of aliphatic hydroxyl groups is 2. The van der Waals surface area contributed by atoms with Gasteiger partial charge in [-0.1, -0.05) is 24.3 Å². The van der Waals surface area contributed by atoms with Gasteiger partial charge in [-0.2, -0.15) is 0 Å². The largest absolute Gasteiger partial charge is 0.455 e. The Labute approximate surface area is 149 Å². The standard InChI is InChI=1S/C19H29NO5/c1-4-5-8-14(2)19(24)11-10-16(22)13-18(23)20-12-7-6-9-17(19)25-15(3)21/h4-6,8-9,16-17,22,24H,7,10-13H2,1-3H3,(H,20,23)/b5-4?,9-6+,14-8-/t16-,17+,19+/m1/s1. The van der Waals surface area contributed by atoms with Gasteiger partial charge in [0.05, 0.1) is 12.5 Å². The van der Waals surface area contributed by atoms with Gasteiger partial charge in [0.15, 0.2) is 6.10 Å². The number of esters is 1. The highest BCUT2D eigenvalue weighted by molar-refractivity contribution is 5.76. The lowest BCUT2D eigenvalue weighted by Crippen LogP contribution is -2.46. The maximum absolute atomic E-state index is 11.7. The number of nitrogens with one attached hydrogen (secondary N) is 1. The van der Waals surface area contributed by atoms with E-state index in [4.69, 9.17) is 4.74 Å². The molecular formula is C19H29NO5. The van der Waals surface area contributed by atoms with E-state index in [0.717, 1.165) is 0 Å². The predicted molar refractivity (Wildman–Crippen MR) is 95.7 cm³/mol. The fraction of sp³-hybridized carbons (Fsp3) is 0.579. The van der Waals surface area contributed by atoms with Crippen molar-refractivity contribution in [1.82, 2.24) is 5.32 Å². The molecule has 0 spiro atoms. The lowest BCUT2D eigenvalue weighted by Gasteiger charge is -2.36. The molecule has 0 aromatic rings. The van der Waals surface area contributed by atoms with E-state index in [9.17, 15) is 19.8 Å². The first-order valence-corrected chi connectivity index (χ1v) is 8.60. The van der Waals surface area contributed by atoms with Gasteiger partial charge in [0.2, 0.25) is 5.91 Å². The Morgan fingerprint density at radius 1 is 1.44 bits per heavy atom.